The van der Waals surface area contributed by atoms with Gasteiger partial charge in [0, 0.05) is 40.7 Å². The van der Waals surface area contributed by atoms with Crippen LogP contribution in [0.5, 0.6) is 0 Å². The van der Waals surface area contributed by atoms with E-state index in [1.54, 1.807) is 49.1 Å². The lowest BCUT2D eigenvalue weighted by Crippen LogP contribution is -1.87. The van der Waals surface area contributed by atoms with E-state index >= 15 is 0 Å². The molecule has 148 valence electrons. The highest BCUT2D eigenvalue weighted by molar-refractivity contribution is 5.96. The highest BCUT2D eigenvalue weighted by Gasteiger charge is 2.17. The summed E-state index contributed by atoms with van der Waals surface area (Å²) in [5.74, 6) is 0.219. The van der Waals surface area contributed by atoms with Crippen molar-refractivity contribution >= 4 is 22.1 Å². The van der Waals surface area contributed by atoms with E-state index in [9.17, 15) is 4.39 Å². The fraction of sp³-hybridized carbons (Fsp3) is 0. The van der Waals surface area contributed by atoms with Crippen LogP contribution in [0.25, 0.3) is 56.0 Å². The number of hydrogen-bond donors (Lipinski definition) is 2. The van der Waals surface area contributed by atoms with Crippen molar-refractivity contribution in [3.05, 3.63) is 73.3 Å². The molecule has 5 heterocycles. The number of H-pyrrole nitrogens is 2. The molecule has 6 rings (SSSR count). The first-order valence-electron chi connectivity index (χ1n) is 9.47. The third kappa shape index (κ3) is 2.83. The summed E-state index contributed by atoms with van der Waals surface area (Å²) < 4.78 is 14.4. The van der Waals surface area contributed by atoms with E-state index in [2.05, 4.69) is 40.1 Å². The number of halogens is 1. The third-order valence-corrected chi connectivity index (χ3v) is 5.08. The van der Waals surface area contributed by atoms with Crippen LogP contribution in [0, 0.1) is 5.82 Å². The monoisotopic (exact) mass is 408 g/mol. The highest BCUT2D eigenvalue weighted by Crippen LogP contribution is 2.32. The van der Waals surface area contributed by atoms with Gasteiger partial charge in [-0.05, 0) is 18.2 Å². The molecule has 0 aliphatic carbocycles. The van der Waals surface area contributed by atoms with Crippen LogP contribution in [-0.4, -0.2) is 40.1 Å². The van der Waals surface area contributed by atoms with Gasteiger partial charge in [0.15, 0.2) is 11.5 Å². The van der Waals surface area contributed by atoms with Gasteiger partial charge < -0.3 is 4.98 Å². The number of aromatic amines is 2. The largest absolute Gasteiger partial charge is 0.335 e. The van der Waals surface area contributed by atoms with E-state index in [1.807, 2.05) is 6.07 Å². The minimum Gasteiger partial charge on any atom is -0.335 e. The molecule has 5 aromatic heterocycles. The molecule has 8 nitrogen and oxygen atoms in total. The molecule has 0 amide bonds. The predicted molar refractivity (Wildman–Crippen MR) is 113 cm³/mol. The van der Waals surface area contributed by atoms with Crippen molar-refractivity contribution < 1.29 is 4.39 Å². The van der Waals surface area contributed by atoms with Gasteiger partial charge in [-0.15, -0.1) is 0 Å². The number of fused-ring (bicyclic) bond motifs is 2. The first kappa shape index (κ1) is 17.3. The Labute approximate surface area is 174 Å². The number of hydrogen-bond acceptors (Lipinski definition) is 6. The molecule has 0 atom stereocenters. The lowest BCUT2D eigenvalue weighted by Gasteiger charge is -2.03. The second-order valence-electron chi connectivity index (χ2n) is 6.94. The van der Waals surface area contributed by atoms with Crippen LogP contribution in [-0.2, 0) is 0 Å². The number of pyridine rings is 2. The van der Waals surface area contributed by atoms with Crippen molar-refractivity contribution in [1.29, 1.82) is 0 Å². The summed E-state index contributed by atoms with van der Waals surface area (Å²) in [6, 6.07) is 10.3. The highest BCUT2D eigenvalue weighted by atomic mass is 19.1. The van der Waals surface area contributed by atoms with Crippen LogP contribution in [0.2, 0.25) is 0 Å². The van der Waals surface area contributed by atoms with Gasteiger partial charge in [-0.25, -0.2) is 24.3 Å². The molecule has 0 bridgehead atoms. The van der Waals surface area contributed by atoms with Crippen molar-refractivity contribution in [2.24, 2.45) is 0 Å². The second kappa shape index (κ2) is 6.77. The van der Waals surface area contributed by atoms with Crippen LogP contribution in [0.1, 0.15) is 0 Å². The van der Waals surface area contributed by atoms with Crippen LogP contribution in [0.4, 0.5) is 4.39 Å². The summed E-state index contributed by atoms with van der Waals surface area (Å²) in [5.41, 5.74) is 5.19. The quantitative estimate of drug-likeness (QED) is 0.455. The molecular formula is C22H13FN8. The minimum absolute atomic E-state index is 0.308. The summed E-state index contributed by atoms with van der Waals surface area (Å²) in [6.07, 6.45) is 8.20. The van der Waals surface area contributed by atoms with Gasteiger partial charge in [-0.2, -0.15) is 5.10 Å². The number of nitrogens with zero attached hydrogens (tertiary/aromatic N) is 6. The van der Waals surface area contributed by atoms with Crippen LogP contribution in [0.15, 0.2) is 67.5 Å². The van der Waals surface area contributed by atoms with E-state index in [4.69, 9.17) is 0 Å². The van der Waals surface area contributed by atoms with E-state index in [0.717, 1.165) is 22.2 Å². The Morgan fingerprint density at radius 1 is 0.903 bits per heavy atom. The summed E-state index contributed by atoms with van der Waals surface area (Å²) in [6.45, 7) is 0. The van der Waals surface area contributed by atoms with E-state index < -0.39 is 0 Å². The fourth-order valence-electron chi connectivity index (χ4n) is 3.61. The second-order valence-corrected chi connectivity index (χ2v) is 6.94. The zero-order valence-corrected chi connectivity index (χ0v) is 15.9. The SMILES string of the molecule is Fc1ccccc1-c1ccnc2nc(-c3n[nH]c4cnc(-c5cncnc5)cc34)[nH]c12. The van der Waals surface area contributed by atoms with Crippen LogP contribution < -0.4 is 0 Å². The van der Waals surface area contributed by atoms with Gasteiger partial charge >= 0.3 is 0 Å². The minimum atomic E-state index is -0.308. The summed E-state index contributed by atoms with van der Waals surface area (Å²) >= 11 is 0. The first-order valence-corrected chi connectivity index (χ1v) is 9.47. The van der Waals surface area contributed by atoms with Gasteiger partial charge in [0.05, 0.1) is 22.9 Å². The van der Waals surface area contributed by atoms with E-state index in [-0.39, 0.29) is 5.82 Å². The summed E-state index contributed by atoms with van der Waals surface area (Å²) in [7, 11) is 0. The van der Waals surface area contributed by atoms with Crippen molar-refractivity contribution in [3.8, 4) is 33.9 Å². The molecule has 9 heteroatoms. The Kier molecular flexibility index (Phi) is 3.79. The molecule has 0 aliphatic rings. The van der Waals surface area contributed by atoms with E-state index in [0.29, 0.717) is 33.8 Å². The number of imidazole rings is 1. The van der Waals surface area contributed by atoms with Gasteiger partial charge in [-0.1, -0.05) is 18.2 Å². The van der Waals surface area contributed by atoms with Crippen LogP contribution >= 0.6 is 0 Å². The topological polar surface area (TPSA) is 109 Å². The van der Waals surface area contributed by atoms with Crippen molar-refractivity contribution in [3.63, 3.8) is 0 Å². The Morgan fingerprint density at radius 3 is 2.65 bits per heavy atom. The number of rotatable bonds is 3. The van der Waals surface area contributed by atoms with Crippen molar-refractivity contribution in [1.82, 2.24) is 40.1 Å². The van der Waals surface area contributed by atoms with E-state index in [1.165, 1.54) is 12.4 Å². The summed E-state index contributed by atoms with van der Waals surface area (Å²) in [5, 5.41) is 8.24. The lowest BCUT2D eigenvalue weighted by atomic mass is 10.1. The average molecular weight is 408 g/mol. The molecule has 0 saturated carbocycles. The van der Waals surface area contributed by atoms with Crippen LogP contribution in [0.3, 0.4) is 0 Å². The molecule has 0 aliphatic heterocycles. The Hall–Kier alpha value is -4.53. The maximum atomic E-state index is 14.4. The normalized spacial score (nSPS) is 11.4. The molecule has 0 spiro atoms. The smallest absolute Gasteiger partial charge is 0.178 e. The summed E-state index contributed by atoms with van der Waals surface area (Å²) in [4.78, 5) is 24.8. The molecule has 2 N–H and O–H groups in total. The zero-order chi connectivity index (χ0) is 20.8. The van der Waals surface area contributed by atoms with Gasteiger partial charge in [0.25, 0.3) is 0 Å². The average Bonchev–Trinajstić information content (AvgIpc) is 3.43. The molecule has 0 unspecified atom stereocenters. The molecule has 31 heavy (non-hydrogen) atoms. The Morgan fingerprint density at radius 2 is 1.77 bits per heavy atom. The van der Waals surface area contributed by atoms with Gasteiger partial charge in [0.1, 0.15) is 17.8 Å². The Bertz CT molecular complexity index is 1550. The Balaban J connectivity index is 1.53. The standard InChI is InChI=1S/C22H13FN8/c23-16-4-2-1-3-13(16)14-5-6-26-21-19(14)28-22(29-21)20-15-7-17(12-8-24-11-25-9-12)27-10-18(15)30-31-20/h1-11H,(H,30,31)(H,26,28,29). The zero-order valence-electron chi connectivity index (χ0n) is 15.9. The number of benzene rings is 1. The van der Waals surface area contributed by atoms with Gasteiger partial charge in [-0.3, -0.25) is 10.1 Å². The third-order valence-electron chi connectivity index (χ3n) is 5.08. The maximum absolute atomic E-state index is 14.4. The molecular weight excluding hydrogens is 395 g/mol. The lowest BCUT2D eigenvalue weighted by molar-refractivity contribution is 0.631. The fourth-order valence-corrected chi connectivity index (χ4v) is 3.61. The number of aromatic nitrogens is 8. The number of nitrogens with one attached hydrogen (secondary N) is 2. The molecule has 1 aromatic carbocycles. The molecule has 0 fully saturated rings. The van der Waals surface area contributed by atoms with Gasteiger partial charge in [0.2, 0.25) is 0 Å². The predicted octanol–water partition coefficient (Wildman–Crippen LogP) is 4.16. The molecule has 0 saturated heterocycles. The first-order chi connectivity index (χ1) is 15.3. The maximum Gasteiger partial charge on any atom is 0.178 e. The van der Waals surface area contributed by atoms with Crippen molar-refractivity contribution in [2.75, 3.05) is 0 Å². The molecule has 6 aromatic rings. The van der Waals surface area contributed by atoms with Crippen molar-refractivity contribution in [2.45, 2.75) is 0 Å². The molecule has 0 radical (unpaired) electrons.